The topological polar surface area (TPSA) is 76.7 Å². The van der Waals surface area contributed by atoms with E-state index in [1.807, 2.05) is 19.1 Å². The molecule has 6 heteroatoms. The summed E-state index contributed by atoms with van der Waals surface area (Å²) in [5.41, 5.74) is 5.64. The molecular weight excluding hydrogens is 260 g/mol. The molecule has 0 spiro atoms. The fourth-order valence-corrected chi connectivity index (χ4v) is 1.34. The first-order chi connectivity index (χ1) is 9.52. The highest BCUT2D eigenvalue weighted by molar-refractivity contribution is 5.85. The summed E-state index contributed by atoms with van der Waals surface area (Å²) in [4.78, 5) is 22.9. The van der Waals surface area contributed by atoms with Gasteiger partial charge >= 0.3 is 0 Å². The van der Waals surface area contributed by atoms with Gasteiger partial charge in [-0.25, -0.2) is 0 Å². The number of hydrogen-bond donors (Lipinski definition) is 2. The summed E-state index contributed by atoms with van der Waals surface area (Å²) in [6.07, 6.45) is -0.718. The van der Waals surface area contributed by atoms with Crippen molar-refractivity contribution in [2.75, 3.05) is 13.2 Å². The number of carbonyl (C=O) groups is 2. The van der Waals surface area contributed by atoms with Gasteiger partial charge in [0.15, 0.2) is 6.10 Å². The molecule has 0 bridgehead atoms. The molecule has 2 amide bonds. The highest BCUT2D eigenvalue weighted by atomic mass is 16.5. The van der Waals surface area contributed by atoms with Gasteiger partial charge in [-0.15, -0.1) is 0 Å². The third-order valence-electron chi connectivity index (χ3n) is 2.47. The molecule has 1 aromatic rings. The molecular formula is C14H20N2O4. The molecule has 2 N–H and O–H groups in total. The van der Waals surface area contributed by atoms with E-state index in [0.29, 0.717) is 12.4 Å². The van der Waals surface area contributed by atoms with E-state index in [2.05, 4.69) is 10.9 Å². The number of rotatable bonds is 6. The number of ether oxygens (including phenoxy) is 2. The molecule has 0 aliphatic heterocycles. The van der Waals surface area contributed by atoms with Gasteiger partial charge in [-0.1, -0.05) is 17.7 Å². The van der Waals surface area contributed by atoms with E-state index >= 15 is 0 Å². The van der Waals surface area contributed by atoms with Crippen LogP contribution in [0.4, 0.5) is 0 Å². The Balaban J connectivity index is 2.35. The maximum atomic E-state index is 11.7. The van der Waals surface area contributed by atoms with Crippen molar-refractivity contribution in [2.45, 2.75) is 26.9 Å². The van der Waals surface area contributed by atoms with E-state index in [0.717, 1.165) is 5.56 Å². The minimum atomic E-state index is -0.718. The number of benzene rings is 1. The minimum Gasteiger partial charge on any atom is -0.481 e. The number of hydrogen-bond acceptors (Lipinski definition) is 4. The Bertz CT molecular complexity index is 445. The molecule has 0 aliphatic rings. The van der Waals surface area contributed by atoms with Gasteiger partial charge in [-0.3, -0.25) is 20.4 Å². The molecule has 6 nitrogen and oxygen atoms in total. The number of amides is 2. The summed E-state index contributed by atoms with van der Waals surface area (Å²) in [6, 6.07) is 7.35. The lowest BCUT2D eigenvalue weighted by Gasteiger charge is -2.15. The molecule has 0 aromatic heterocycles. The smallest absolute Gasteiger partial charge is 0.279 e. The molecule has 0 saturated heterocycles. The van der Waals surface area contributed by atoms with E-state index in [9.17, 15) is 9.59 Å². The number of carbonyl (C=O) groups excluding carboxylic acids is 2. The lowest BCUT2D eigenvalue weighted by atomic mass is 10.2. The van der Waals surface area contributed by atoms with Crippen LogP contribution in [-0.4, -0.2) is 31.1 Å². The average molecular weight is 280 g/mol. The third kappa shape index (κ3) is 5.71. The van der Waals surface area contributed by atoms with E-state index in [4.69, 9.17) is 9.47 Å². The van der Waals surface area contributed by atoms with Crippen molar-refractivity contribution < 1.29 is 19.1 Å². The maximum absolute atomic E-state index is 11.7. The Labute approximate surface area is 118 Å². The second kappa shape index (κ2) is 8.16. The summed E-state index contributed by atoms with van der Waals surface area (Å²) in [5.74, 6) is -0.253. The molecule has 0 heterocycles. The third-order valence-corrected chi connectivity index (χ3v) is 2.47. The number of hydrazine groups is 1. The fraction of sp³-hybridized carbons (Fsp3) is 0.429. The second-order valence-corrected chi connectivity index (χ2v) is 4.25. The fourth-order valence-electron chi connectivity index (χ4n) is 1.34. The highest BCUT2D eigenvalue weighted by Gasteiger charge is 2.15. The van der Waals surface area contributed by atoms with Crippen LogP contribution >= 0.6 is 0 Å². The van der Waals surface area contributed by atoms with E-state index in [1.165, 1.54) is 0 Å². The zero-order valence-corrected chi connectivity index (χ0v) is 11.9. The molecule has 0 aliphatic carbocycles. The van der Waals surface area contributed by atoms with Crippen molar-refractivity contribution >= 4 is 11.8 Å². The van der Waals surface area contributed by atoms with Gasteiger partial charge < -0.3 is 9.47 Å². The summed E-state index contributed by atoms with van der Waals surface area (Å²) in [6.45, 7) is 5.69. The SMILES string of the molecule is CCOCC(=O)NNC(=O)C(C)Oc1ccc(C)cc1. The summed E-state index contributed by atoms with van der Waals surface area (Å²) >= 11 is 0. The first kappa shape index (κ1) is 16.0. The monoisotopic (exact) mass is 280 g/mol. The van der Waals surface area contributed by atoms with Crippen LogP contribution in [0.2, 0.25) is 0 Å². The number of aryl methyl sites for hydroxylation is 1. The normalized spacial score (nSPS) is 11.6. The van der Waals surface area contributed by atoms with Gasteiger partial charge in [-0.05, 0) is 32.9 Å². The van der Waals surface area contributed by atoms with Crippen molar-refractivity contribution in [3.8, 4) is 5.75 Å². The van der Waals surface area contributed by atoms with Crippen LogP contribution in [0.3, 0.4) is 0 Å². The quantitative estimate of drug-likeness (QED) is 0.761. The van der Waals surface area contributed by atoms with Gasteiger partial charge in [-0.2, -0.15) is 0 Å². The molecule has 0 radical (unpaired) electrons. The molecule has 0 fully saturated rings. The molecule has 1 rings (SSSR count). The minimum absolute atomic E-state index is 0.0933. The van der Waals surface area contributed by atoms with Gasteiger partial charge in [0.25, 0.3) is 11.8 Å². The van der Waals surface area contributed by atoms with E-state index in [1.54, 1.807) is 26.0 Å². The second-order valence-electron chi connectivity index (χ2n) is 4.25. The highest BCUT2D eigenvalue weighted by Crippen LogP contribution is 2.13. The van der Waals surface area contributed by atoms with Gasteiger partial charge in [0, 0.05) is 6.61 Å². The van der Waals surface area contributed by atoms with E-state index in [-0.39, 0.29) is 6.61 Å². The Morgan fingerprint density at radius 2 is 1.85 bits per heavy atom. The van der Waals surface area contributed by atoms with Gasteiger partial charge in [0.2, 0.25) is 0 Å². The van der Waals surface area contributed by atoms with Crippen molar-refractivity contribution in [1.82, 2.24) is 10.9 Å². The predicted octanol–water partition coefficient (Wildman–Crippen LogP) is 0.946. The standard InChI is InChI=1S/C14H20N2O4/c1-4-19-9-13(17)15-16-14(18)11(3)20-12-7-5-10(2)6-8-12/h5-8,11H,4,9H2,1-3H3,(H,15,17)(H,16,18). The van der Waals surface area contributed by atoms with Crippen molar-refractivity contribution in [2.24, 2.45) is 0 Å². The summed E-state index contributed by atoms with van der Waals surface area (Å²) in [5, 5.41) is 0. The molecule has 110 valence electrons. The van der Waals surface area contributed by atoms with Crippen LogP contribution in [-0.2, 0) is 14.3 Å². The maximum Gasteiger partial charge on any atom is 0.279 e. The Morgan fingerprint density at radius 1 is 1.20 bits per heavy atom. The van der Waals surface area contributed by atoms with Gasteiger partial charge in [0.1, 0.15) is 12.4 Å². The average Bonchev–Trinajstić information content (AvgIpc) is 2.44. The molecule has 1 aromatic carbocycles. The zero-order valence-electron chi connectivity index (χ0n) is 11.9. The van der Waals surface area contributed by atoms with Crippen LogP contribution in [0.15, 0.2) is 24.3 Å². The summed E-state index contributed by atoms with van der Waals surface area (Å²) < 4.78 is 10.4. The van der Waals surface area contributed by atoms with E-state index < -0.39 is 17.9 Å². The first-order valence-corrected chi connectivity index (χ1v) is 6.42. The Hall–Kier alpha value is -2.08. The lowest BCUT2D eigenvalue weighted by molar-refractivity contribution is -0.134. The van der Waals surface area contributed by atoms with Crippen molar-refractivity contribution in [3.05, 3.63) is 29.8 Å². The first-order valence-electron chi connectivity index (χ1n) is 6.42. The van der Waals surface area contributed by atoms with Crippen LogP contribution in [0.25, 0.3) is 0 Å². The Kier molecular flexibility index (Phi) is 6.52. The predicted molar refractivity (Wildman–Crippen MR) is 74.0 cm³/mol. The van der Waals surface area contributed by atoms with Crippen LogP contribution < -0.4 is 15.6 Å². The zero-order chi connectivity index (χ0) is 15.0. The molecule has 1 unspecified atom stereocenters. The summed E-state index contributed by atoms with van der Waals surface area (Å²) in [7, 11) is 0. The van der Waals surface area contributed by atoms with Crippen molar-refractivity contribution in [3.63, 3.8) is 0 Å². The van der Waals surface area contributed by atoms with Crippen LogP contribution in [0.1, 0.15) is 19.4 Å². The largest absolute Gasteiger partial charge is 0.481 e. The molecule has 1 atom stereocenters. The van der Waals surface area contributed by atoms with Crippen LogP contribution in [0.5, 0.6) is 5.75 Å². The Morgan fingerprint density at radius 3 is 2.45 bits per heavy atom. The lowest BCUT2D eigenvalue weighted by Crippen LogP contribution is -2.48. The molecule has 20 heavy (non-hydrogen) atoms. The molecule has 0 saturated carbocycles. The van der Waals surface area contributed by atoms with Crippen molar-refractivity contribution in [1.29, 1.82) is 0 Å². The van der Waals surface area contributed by atoms with Gasteiger partial charge in [0.05, 0.1) is 0 Å². The van der Waals surface area contributed by atoms with Crippen LogP contribution in [0, 0.1) is 6.92 Å². The number of nitrogens with one attached hydrogen (secondary N) is 2.